The largest absolute Gasteiger partial charge is 0.430 e. The first kappa shape index (κ1) is 20.8. The van der Waals surface area contributed by atoms with Crippen molar-refractivity contribution in [3.8, 4) is 11.1 Å². The number of rotatable bonds is 3. The number of nitrogens with zero attached hydrogens (tertiary/aromatic N) is 1. The number of hydrogen-bond acceptors (Lipinski definition) is 2. The van der Waals surface area contributed by atoms with E-state index in [1.165, 1.54) is 17.0 Å². The maximum atomic E-state index is 12.9. The zero-order valence-electron chi connectivity index (χ0n) is 14.2. The first-order chi connectivity index (χ1) is 12.3. The Labute approximate surface area is 150 Å². The fourth-order valence-electron chi connectivity index (χ4n) is 2.48. The molecule has 0 aliphatic heterocycles. The zero-order valence-corrected chi connectivity index (χ0v) is 14.2. The topological polar surface area (TPSA) is 40.5 Å². The standard InChI is InChI=1S/C18H15F6NO2/c1-25(2)15(26)13-5-3-4-12(10-13)11-6-8-14(9-7-11)16(27,17(19,20)21)18(22,23)24/h3-10,27H,1-2H3. The molecule has 27 heavy (non-hydrogen) atoms. The highest BCUT2D eigenvalue weighted by Gasteiger charge is 2.71. The van der Waals surface area contributed by atoms with Crippen LogP contribution in [-0.2, 0) is 5.60 Å². The van der Waals surface area contributed by atoms with Gasteiger partial charge in [-0.25, -0.2) is 0 Å². The van der Waals surface area contributed by atoms with E-state index in [1.54, 1.807) is 26.2 Å². The molecule has 0 aliphatic carbocycles. The Kier molecular flexibility index (Phi) is 5.29. The van der Waals surface area contributed by atoms with E-state index in [9.17, 15) is 36.2 Å². The third kappa shape index (κ3) is 3.78. The van der Waals surface area contributed by atoms with Crippen molar-refractivity contribution in [1.29, 1.82) is 0 Å². The van der Waals surface area contributed by atoms with Crippen molar-refractivity contribution in [2.45, 2.75) is 18.0 Å². The Bertz CT molecular complexity index is 811. The van der Waals surface area contributed by atoms with E-state index in [1.807, 2.05) is 0 Å². The van der Waals surface area contributed by atoms with Gasteiger partial charge in [-0.2, -0.15) is 26.3 Å². The number of alkyl halides is 6. The number of aliphatic hydroxyl groups is 1. The quantitative estimate of drug-likeness (QED) is 0.790. The normalized spacial score (nSPS) is 12.8. The molecule has 0 fully saturated rings. The van der Waals surface area contributed by atoms with Crippen LogP contribution in [0.25, 0.3) is 11.1 Å². The molecule has 0 unspecified atom stereocenters. The van der Waals surface area contributed by atoms with E-state index in [4.69, 9.17) is 0 Å². The van der Waals surface area contributed by atoms with Crippen LogP contribution in [-0.4, -0.2) is 42.4 Å². The molecule has 3 nitrogen and oxygen atoms in total. The molecular weight excluding hydrogens is 376 g/mol. The van der Waals surface area contributed by atoms with Crippen molar-refractivity contribution in [2.24, 2.45) is 0 Å². The second-order valence-corrected chi connectivity index (χ2v) is 6.06. The molecule has 0 aliphatic rings. The fraction of sp³-hybridized carbons (Fsp3) is 0.278. The predicted molar refractivity (Wildman–Crippen MR) is 85.9 cm³/mol. The molecule has 0 spiro atoms. The highest BCUT2D eigenvalue weighted by molar-refractivity contribution is 5.95. The van der Waals surface area contributed by atoms with Crippen LogP contribution in [0, 0.1) is 0 Å². The van der Waals surface area contributed by atoms with Crippen molar-refractivity contribution in [2.75, 3.05) is 14.1 Å². The summed E-state index contributed by atoms with van der Waals surface area (Å²) >= 11 is 0. The van der Waals surface area contributed by atoms with Crippen LogP contribution in [0.15, 0.2) is 48.5 Å². The number of benzene rings is 2. The Balaban J connectivity index is 2.46. The molecule has 0 radical (unpaired) electrons. The summed E-state index contributed by atoms with van der Waals surface area (Å²) < 4.78 is 77.5. The van der Waals surface area contributed by atoms with Crippen molar-refractivity contribution in [1.82, 2.24) is 4.90 Å². The lowest BCUT2D eigenvalue weighted by Crippen LogP contribution is -2.53. The highest BCUT2D eigenvalue weighted by atomic mass is 19.4. The summed E-state index contributed by atoms with van der Waals surface area (Å²) in [5.41, 5.74) is -5.28. The van der Waals surface area contributed by atoms with Gasteiger partial charge in [-0.1, -0.05) is 36.4 Å². The Hall–Kier alpha value is -2.55. The highest BCUT2D eigenvalue weighted by Crippen LogP contribution is 2.50. The summed E-state index contributed by atoms with van der Waals surface area (Å²) in [5, 5.41) is 9.39. The SMILES string of the molecule is CN(C)C(=O)c1cccc(-c2ccc(C(O)(C(F)(F)F)C(F)(F)F)cc2)c1. The van der Waals surface area contributed by atoms with E-state index in [0.717, 1.165) is 12.1 Å². The van der Waals surface area contributed by atoms with E-state index < -0.39 is 23.5 Å². The van der Waals surface area contributed by atoms with Crippen molar-refractivity contribution >= 4 is 5.91 Å². The molecule has 2 aromatic carbocycles. The third-order valence-corrected chi connectivity index (χ3v) is 3.97. The van der Waals surface area contributed by atoms with Crippen LogP contribution in [0.5, 0.6) is 0 Å². The molecule has 0 heterocycles. The van der Waals surface area contributed by atoms with Gasteiger partial charge in [0.25, 0.3) is 11.5 Å². The van der Waals surface area contributed by atoms with Gasteiger partial charge in [0, 0.05) is 25.2 Å². The molecule has 0 bridgehead atoms. The number of amides is 1. The van der Waals surface area contributed by atoms with E-state index in [0.29, 0.717) is 28.8 Å². The van der Waals surface area contributed by atoms with E-state index >= 15 is 0 Å². The summed E-state index contributed by atoms with van der Waals surface area (Å²) in [7, 11) is 3.08. The molecule has 0 aromatic heterocycles. The van der Waals surface area contributed by atoms with Crippen LogP contribution < -0.4 is 0 Å². The van der Waals surface area contributed by atoms with Gasteiger partial charge < -0.3 is 10.0 Å². The van der Waals surface area contributed by atoms with E-state index in [2.05, 4.69) is 0 Å². The van der Waals surface area contributed by atoms with Gasteiger partial charge in [-0.15, -0.1) is 0 Å². The molecule has 2 aromatic rings. The lowest BCUT2D eigenvalue weighted by Gasteiger charge is -2.32. The van der Waals surface area contributed by atoms with Crippen LogP contribution in [0.4, 0.5) is 26.3 Å². The number of halogens is 6. The van der Waals surface area contributed by atoms with Gasteiger partial charge in [0.1, 0.15) is 0 Å². The van der Waals surface area contributed by atoms with Crippen LogP contribution in [0.1, 0.15) is 15.9 Å². The molecular formula is C18H15F6NO2. The minimum Gasteiger partial charge on any atom is -0.369 e. The summed E-state index contributed by atoms with van der Waals surface area (Å²) in [6.45, 7) is 0. The van der Waals surface area contributed by atoms with Crippen molar-refractivity contribution in [3.63, 3.8) is 0 Å². The second kappa shape index (κ2) is 6.88. The molecule has 9 heteroatoms. The van der Waals surface area contributed by atoms with Crippen LogP contribution in [0.2, 0.25) is 0 Å². The lowest BCUT2D eigenvalue weighted by molar-refractivity contribution is -0.376. The van der Waals surface area contributed by atoms with Gasteiger partial charge in [-0.05, 0) is 23.3 Å². The maximum absolute atomic E-state index is 12.9. The lowest BCUT2D eigenvalue weighted by atomic mass is 9.90. The van der Waals surface area contributed by atoms with Gasteiger partial charge in [-0.3, -0.25) is 4.79 Å². The summed E-state index contributed by atoms with van der Waals surface area (Å²) in [6.07, 6.45) is -11.9. The molecule has 0 saturated carbocycles. The molecule has 146 valence electrons. The number of carbonyl (C=O) groups is 1. The maximum Gasteiger partial charge on any atom is 0.430 e. The summed E-state index contributed by atoms with van der Waals surface area (Å²) in [6, 6.07) is 9.29. The monoisotopic (exact) mass is 391 g/mol. The number of carbonyl (C=O) groups excluding carboxylic acids is 1. The molecule has 0 saturated heterocycles. The van der Waals surface area contributed by atoms with Crippen LogP contribution >= 0.6 is 0 Å². The predicted octanol–water partition coefficient (Wildman–Crippen LogP) is 4.37. The van der Waals surface area contributed by atoms with Crippen molar-refractivity contribution in [3.05, 3.63) is 59.7 Å². The van der Waals surface area contributed by atoms with Gasteiger partial charge in [0.05, 0.1) is 0 Å². The van der Waals surface area contributed by atoms with Gasteiger partial charge in [0.2, 0.25) is 0 Å². The second-order valence-electron chi connectivity index (χ2n) is 6.06. The first-order valence-electron chi connectivity index (χ1n) is 7.57. The number of hydrogen-bond donors (Lipinski definition) is 1. The third-order valence-electron chi connectivity index (χ3n) is 3.97. The minimum absolute atomic E-state index is 0.291. The first-order valence-corrected chi connectivity index (χ1v) is 7.57. The molecule has 1 N–H and O–H groups in total. The fourth-order valence-corrected chi connectivity index (χ4v) is 2.48. The Morgan fingerprint density at radius 2 is 1.37 bits per heavy atom. The average Bonchev–Trinajstić information content (AvgIpc) is 2.58. The average molecular weight is 391 g/mol. The van der Waals surface area contributed by atoms with E-state index in [-0.39, 0.29) is 5.91 Å². The molecule has 1 amide bonds. The minimum atomic E-state index is -5.94. The Morgan fingerprint density at radius 1 is 0.852 bits per heavy atom. The van der Waals surface area contributed by atoms with Gasteiger partial charge >= 0.3 is 12.4 Å². The molecule has 0 atom stereocenters. The molecule has 2 rings (SSSR count). The summed E-state index contributed by atoms with van der Waals surface area (Å²) in [4.78, 5) is 13.3. The van der Waals surface area contributed by atoms with Gasteiger partial charge in [0.15, 0.2) is 0 Å². The zero-order chi connectivity index (χ0) is 20.6. The summed E-state index contributed by atoms with van der Waals surface area (Å²) in [5.74, 6) is -0.308. The Morgan fingerprint density at radius 3 is 1.81 bits per heavy atom. The smallest absolute Gasteiger partial charge is 0.369 e. The van der Waals surface area contributed by atoms with Crippen LogP contribution in [0.3, 0.4) is 0 Å². The van der Waals surface area contributed by atoms with Crippen molar-refractivity contribution < 1.29 is 36.2 Å².